The van der Waals surface area contributed by atoms with Gasteiger partial charge in [-0.25, -0.2) is 8.42 Å². The van der Waals surface area contributed by atoms with E-state index in [0.717, 1.165) is 5.69 Å². The van der Waals surface area contributed by atoms with Crippen LogP contribution in [0.1, 0.15) is 10.4 Å². The molecule has 0 bridgehead atoms. The molecule has 1 saturated heterocycles. The van der Waals surface area contributed by atoms with Crippen molar-refractivity contribution in [2.75, 3.05) is 43.4 Å². The van der Waals surface area contributed by atoms with Gasteiger partial charge in [-0.05, 0) is 42.5 Å². The minimum atomic E-state index is -3.44. The fourth-order valence-corrected chi connectivity index (χ4v) is 4.68. The largest absolute Gasteiger partial charge is 0.369 e. The SMILES string of the molecule is O=C(NCCS(=O)(=O)N1CCN(c2ccc(Cl)cc2)CC1)c1cccc(Cl)c1. The number of benzene rings is 2. The minimum Gasteiger partial charge on any atom is -0.369 e. The number of rotatable bonds is 6. The van der Waals surface area contributed by atoms with Crippen LogP contribution in [0.15, 0.2) is 48.5 Å². The number of anilines is 1. The Balaban J connectivity index is 1.49. The maximum absolute atomic E-state index is 12.6. The van der Waals surface area contributed by atoms with E-state index in [4.69, 9.17) is 23.2 Å². The number of hydrogen-bond acceptors (Lipinski definition) is 4. The van der Waals surface area contributed by atoms with E-state index >= 15 is 0 Å². The summed E-state index contributed by atoms with van der Waals surface area (Å²) in [5.41, 5.74) is 1.43. The second kappa shape index (κ2) is 9.13. The topological polar surface area (TPSA) is 69.7 Å². The van der Waals surface area contributed by atoms with Crippen LogP contribution in [0.5, 0.6) is 0 Å². The van der Waals surface area contributed by atoms with Gasteiger partial charge in [0.25, 0.3) is 5.91 Å². The van der Waals surface area contributed by atoms with Gasteiger partial charge in [0.05, 0.1) is 5.75 Å². The average molecular weight is 442 g/mol. The highest BCUT2D eigenvalue weighted by Crippen LogP contribution is 2.20. The highest BCUT2D eigenvalue weighted by atomic mass is 35.5. The van der Waals surface area contributed by atoms with Crippen LogP contribution in [0.3, 0.4) is 0 Å². The molecular formula is C19H21Cl2N3O3S. The molecule has 0 unspecified atom stereocenters. The Hall–Kier alpha value is -1.80. The van der Waals surface area contributed by atoms with Crippen molar-refractivity contribution in [1.29, 1.82) is 0 Å². The summed E-state index contributed by atoms with van der Waals surface area (Å²) in [6.07, 6.45) is 0. The van der Waals surface area contributed by atoms with E-state index in [2.05, 4.69) is 10.2 Å². The van der Waals surface area contributed by atoms with Crippen molar-refractivity contribution in [1.82, 2.24) is 9.62 Å². The van der Waals surface area contributed by atoms with Crippen LogP contribution in [0.25, 0.3) is 0 Å². The third-order valence-corrected chi connectivity index (χ3v) is 6.92. The third kappa shape index (κ3) is 5.38. The molecule has 0 aromatic heterocycles. The zero-order valence-electron chi connectivity index (χ0n) is 15.1. The van der Waals surface area contributed by atoms with Crippen LogP contribution in [0, 0.1) is 0 Å². The van der Waals surface area contributed by atoms with Crippen molar-refractivity contribution in [3.8, 4) is 0 Å². The Labute approximate surface area is 175 Å². The van der Waals surface area contributed by atoms with Gasteiger partial charge >= 0.3 is 0 Å². The van der Waals surface area contributed by atoms with Crippen molar-refractivity contribution >= 4 is 44.8 Å². The zero-order chi connectivity index (χ0) is 20.1. The summed E-state index contributed by atoms with van der Waals surface area (Å²) in [5.74, 6) is -0.481. The Morgan fingerprint density at radius 2 is 1.64 bits per heavy atom. The molecule has 0 spiro atoms. The first-order valence-corrected chi connectivity index (χ1v) is 11.2. The molecule has 0 aliphatic carbocycles. The first-order chi connectivity index (χ1) is 13.3. The molecule has 1 heterocycles. The molecule has 1 amide bonds. The summed E-state index contributed by atoms with van der Waals surface area (Å²) in [6, 6.07) is 14.0. The van der Waals surface area contributed by atoms with Crippen molar-refractivity contribution in [3.05, 3.63) is 64.1 Å². The zero-order valence-corrected chi connectivity index (χ0v) is 17.5. The van der Waals surface area contributed by atoms with Crippen LogP contribution in [-0.2, 0) is 10.0 Å². The smallest absolute Gasteiger partial charge is 0.251 e. The predicted molar refractivity (Wildman–Crippen MR) is 113 cm³/mol. The number of carbonyl (C=O) groups excluding carboxylic acids is 1. The molecule has 1 aliphatic rings. The lowest BCUT2D eigenvalue weighted by molar-refractivity contribution is 0.0956. The minimum absolute atomic E-state index is 0.0467. The second-order valence-electron chi connectivity index (χ2n) is 6.44. The molecule has 1 N–H and O–H groups in total. The Kier molecular flexibility index (Phi) is 6.82. The van der Waals surface area contributed by atoms with Gasteiger partial charge in [-0.15, -0.1) is 0 Å². The van der Waals surface area contributed by atoms with Crippen LogP contribution in [0.4, 0.5) is 5.69 Å². The van der Waals surface area contributed by atoms with Crippen molar-refractivity contribution in [3.63, 3.8) is 0 Å². The van der Waals surface area contributed by atoms with Crippen molar-refractivity contribution in [2.45, 2.75) is 0 Å². The molecule has 0 atom stereocenters. The lowest BCUT2D eigenvalue weighted by atomic mass is 10.2. The molecular weight excluding hydrogens is 421 g/mol. The number of nitrogens with one attached hydrogen (secondary N) is 1. The summed E-state index contributed by atoms with van der Waals surface area (Å²) in [5, 5.41) is 3.76. The highest BCUT2D eigenvalue weighted by Gasteiger charge is 2.26. The molecule has 3 rings (SSSR count). The lowest BCUT2D eigenvalue weighted by Crippen LogP contribution is -2.50. The Morgan fingerprint density at radius 3 is 2.29 bits per heavy atom. The number of hydrogen-bond donors (Lipinski definition) is 1. The maximum Gasteiger partial charge on any atom is 0.251 e. The number of carbonyl (C=O) groups is 1. The first-order valence-electron chi connectivity index (χ1n) is 8.87. The lowest BCUT2D eigenvalue weighted by Gasteiger charge is -2.35. The summed E-state index contributed by atoms with van der Waals surface area (Å²) >= 11 is 11.8. The average Bonchev–Trinajstić information content (AvgIpc) is 2.68. The fraction of sp³-hybridized carbons (Fsp3) is 0.316. The quantitative estimate of drug-likeness (QED) is 0.747. The molecule has 1 aliphatic heterocycles. The Morgan fingerprint density at radius 1 is 0.964 bits per heavy atom. The molecule has 0 saturated carbocycles. The van der Waals surface area contributed by atoms with Gasteiger partial charge in [0, 0.05) is 54.0 Å². The van der Waals surface area contributed by atoms with Crippen molar-refractivity contribution in [2.24, 2.45) is 0 Å². The van der Waals surface area contributed by atoms with Crippen molar-refractivity contribution < 1.29 is 13.2 Å². The second-order valence-corrected chi connectivity index (χ2v) is 9.41. The highest BCUT2D eigenvalue weighted by molar-refractivity contribution is 7.89. The summed E-state index contributed by atoms with van der Waals surface area (Å²) < 4.78 is 26.6. The third-order valence-electron chi connectivity index (χ3n) is 4.56. The Bertz CT molecular complexity index is 928. The standard InChI is InChI=1S/C19H21Cl2N3O3S/c20-16-4-6-18(7-5-16)23-9-11-24(12-10-23)28(26,27)13-8-22-19(25)15-2-1-3-17(21)14-15/h1-7,14H,8-13H2,(H,22,25). The van der Waals surface area contributed by atoms with Crippen LogP contribution in [-0.4, -0.2) is 57.1 Å². The molecule has 9 heteroatoms. The van der Waals surface area contributed by atoms with Crippen LogP contribution < -0.4 is 10.2 Å². The number of halogens is 2. The monoisotopic (exact) mass is 441 g/mol. The van der Waals surface area contributed by atoms with Gasteiger partial charge < -0.3 is 10.2 Å². The van der Waals surface area contributed by atoms with E-state index in [9.17, 15) is 13.2 Å². The van der Waals surface area contributed by atoms with Gasteiger partial charge in [0.2, 0.25) is 10.0 Å². The normalized spacial score (nSPS) is 15.4. The van der Waals surface area contributed by atoms with Crippen LogP contribution >= 0.6 is 23.2 Å². The number of nitrogens with zero attached hydrogens (tertiary/aromatic N) is 2. The number of amides is 1. The van der Waals surface area contributed by atoms with Gasteiger partial charge in [-0.3, -0.25) is 4.79 Å². The van der Waals surface area contributed by atoms with E-state index in [0.29, 0.717) is 41.8 Å². The van der Waals surface area contributed by atoms with E-state index in [1.165, 1.54) is 4.31 Å². The molecule has 2 aromatic rings. The van der Waals surface area contributed by atoms with E-state index < -0.39 is 10.0 Å². The van der Waals surface area contributed by atoms with E-state index in [-0.39, 0.29) is 18.2 Å². The van der Waals surface area contributed by atoms with Gasteiger partial charge in [0.15, 0.2) is 0 Å². The van der Waals surface area contributed by atoms with Crippen LogP contribution in [0.2, 0.25) is 10.0 Å². The molecule has 0 radical (unpaired) electrons. The van der Waals surface area contributed by atoms with E-state index in [1.807, 2.05) is 24.3 Å². The molecule has 6 nitrogen and oxygen atoms in total. The molecule has 1 fully saturated rings. The molecule has 150 valence electrons. The van der Waals surface area contributed by atoms with E-state index in [1.54, 1.807) is 24.3 Å². The van der Waals surface area contributed by atoms with Gasteiger partial charge in [-0.2, -0.15) is 4.31 Å². The van der Waals surface area contributed by atoms with Gasteiger partial charge in [0.1, 0.15) is 0 Å². The number of sulfonamides is 1. The fourth-order valence-electron chi connectivity index (χ4n) is 3.03. The predicted octanol–water partition coefficient (Wildman–Crippen LogP) is 2.88. The maximum atomic E-state index is 12.6. The summed E-state index contributed by atoms with van der Waals surface area (Å²) in [4.78, 5) is 14.2. The summed E-state index contributed by atoms with van der Waals surface area (Å²) in [6.45, 7) is 2.08. The number of piperazine rings is 1. The van der Waals surface area contributed by atoms with Gasteiger partial charge in [-0.1, -0.05) is 29.3 Å². The molecule has 28 heavy (non-hydrogen) atoms. The first kappa shape index (κ1) is 20.9. The molecule has 2 aromatic carbocycles. The summed E-state index contributed by atoms with van der Waals surface area (Å²) in [7, 11) is -3.44.